The van der Waals surface area contributed by atoms with E-state index < -0.39 is 0 Å². The summed E-state index contributed by atoms with van der Waals surface area (Å²) in [6, 6.07) is 43.3. The maximum absolute atomic E-state index is 6.00. The summed E-state index contributed by atoms with van der Waals surface area (Å²) >= 11 is 0. The van der Waals surface area contributed by atoms with Crippen LogP contribution in [0, 0.1) is 0 Å². The molecule has 0 spiro atoms. The quantitative estimate of drug-likeness (QED) is 0.238. The number of hydrogen-bond acceptors (Lipinski definition) is 2. The van der Waals surface area contributed by atoms with E-state index in [-0.39, 0.29) is 0 Å². The summed E-state index contributed by atoms with van der Waals surface area (Å²) in [6.45, 7) is 0. The number of pyridine rings is 1. The predicted molar refractivity (Wildman–Crippen MR) is 160 cm³/mol. The number of hydrogen-bond donors (Lipinski definition) is 0. The number of aromatic nitrogens is 3. The Morgan fingerprint density at radius 1 is 0.436 bits per heavy atom. The lowest BCUT2D eigenvalue weighted by Crippen LogP contribution is -1.95. The van der Waals surface area contributed by atoms with Gasteiger partial charge >= 0.3 is 0 Å². The van der Waals surface area contributed by atoms with Crippen molar-refractivity contribution in [3.8, 4) is 11.4 Å². The van der Waals surface area contributed by atoms with Crippen LogP contribution in [0.4, 0.5) is 0 Å². The molecule has 0 bridgehead atoms. The normalized spacial score (nSPS) is 12.1. The monoisotopic (exact) mass is 499 g/mol. The predicted octanol–water partition coefficient (Wildman–Crippen LogP) is 9.18. The number of nitrogens with zero attached hydrogens (tertiary/aromatic N) is 3. The first kappa shape index (κ1) is 20.7. The molecular weight excluding hydrogens is 478 g/mol. The van der Waals surface area contributed by atoms with Gasteiger partial charge in [0.05, 0.1) is 22.1 Å². The largest absolute Gasteiger partial charge is 0.438 e. The summed E-state index contributed by atoms with van der Waals surface area (Å²) in [7, 11) is 0. The highest BCUT2D eigenvalue weighted by Gasteiger charge is 2.17. The average molecular weight is 500 g/mol. The van der Waals surface area contributed by atoms with E-state index >= 15 is 0 Å². The van der Waals surface area contributed by atoms with Crippen LogP contribution < -0.4 is 0 Å². The first-order valence-corrected chi connectivity index (χ1v) is 13.1. The van der Waals surface area contributed by atoms with Crippen LogP contribution in [-0.4, -0.2) is 14.1 Å². The molecule has 0 saturated heterocycles. The van der Waals surface area contributed by atoms with Crippen LogP contribution in [0.2, 0.25) is 0 Å². The Balaban J connectivity index is 1.34. The molecule has 39 heavy (non-hydrogen) atoms. The summed E-state index contributed by atoms with van der Waals surface area (Å²) in [5.41, 5.74) is 8.56. The third kappa shape index (κ3) is 2.80. The summed E-state index contributed by atoms with van der Waals surface area (Å²) in [5.74, 6) is 0. The van der Waals surface area contributed by atoms with Crippen LogP contribution in [0.3, 0.4) is 0 Å². The molecule has 9 rings (SSSR count). The van der Waals surface area contributed by atoms with Gasteiger partial charge in [0, 0.05) is 49.9 Å². The fourth-order valence-corrected chi connectivity index (χ4v) is 6.32. The Bertz CT molecular complexity index is 2350. The van der Waals surface area contributed by atoms with Gasteiger partial charge in [0.15, 0.2) is 0 Å². The van der Waals surface area contributed by atoms with Crippen molar-refractivity contribution in [2.75, 3.05) is 0 Å². The first-order valence-electron chi connectivity index (χ1n) is 13.1. The minimum atomic E-state index is 0.669. The van der Waals surface area contributed by atoms with Gasteiger partial charge in [0.1, 0.15) is 5.58 Å². The lowest BCUT2D eigenvalue weighted by Gasteiger charge is -2.10. The maximum atomic E-state index is 6.00. The van der Waals surface area contributed by atoms with Crippen LogP contribution >= 0.6 is 0 Å². The molecule has 0 radical (unpaired) electrons. The molecule has 9 aromatic rings. The van der Waals surface area contributed by atoms with E-state index in [1.165, 1.54) is 43.6 Å². The van der Waals surface area contributed by atoms with Crippen LogP contribution in [0.25, 0.3) is 77.1 Å². The lowest BCUT2D eigenvalue weighted by atomic mass is 10.1. The molecule has 4 aromatic heterocycles. The SMILES string of the molecule is c1cnc2oc3ccc(-n4c5ccccc5c5cc(-n6c7ccccc7c7ccccc76)ccc54)cc3c2c1. The number of para-hydroxylation sites is 3. The third-order valence-corrected chi connectivity index (χ3v) is 7.98. The number of fused-ring (bicyclic) bond motifs is 9. The molecule has 0 N–H and O–H groups in total. The maximum Gasteiger partial charge on any atom is 0.227 e. The average Bonchev–Trinajstić information content (AvgIpc) is 3.64. The Labute approximate surface area is 222 Å². The van der Waals surface area contributed by atoms with Gasteiger partial charge in [-0.15, -0.1) is 0 Å². The van der Waals surface area contributed by atoms with Gasteiger partial charge in [-0.2, -0.15) is 0 Å². The molecule has 0 aliphatic rings. The van der Waals surface area contributed by atoms with E-state index in [0.29, 0.717) is 5.71 Å². The second-order valence-electron chi connectivity index (χ2n) is 10.1. The van der Waals surface area contributed by atoms with Crippen LogP contribution in [0.1, 0.15) is 0 Å². The minimum Gasteiger partial charge on any atom is -0.438 e. The van der Waals surface area contributed by atoms with Gasteiger partial charge in [-0.1, -0.05) is 54.6 Å². The molecule has 4 heteroatoms. The molecule has 5 aromatic carbocycles. The topological polar surface area (TPSA) is 35.9 Å². The fraction of sp³-hybridized carbons (Fsp3) is 0. The molecule has 0 aliphatic carbocycles. The van der Waals surface area contributed by atoms with E-state index in [9.17, 15) is 0 Å². The summed E-state index contributed by atoms with van der Waals surface area (Å²) in [5, 5.41) is 7.10. The molecule has 182 valence electrons. The van der Waals surface area contributed by atoms with Crippen LogP contribution in [-0.2, 0) is 0 Å². The Kier molecular flexibility index (Phi) is 4.02. The number of benzene rings is 5. The molecule has 4 heterocycles. The van der Waals surface area contributed by atoms with Crippen LogP contribution in [0.5, 0.6) is 0 Å². The lowest BCUT2D eigenvalue weighted by molar-refractivity contribution is 0.654. The van der Waals surface area contributed by atoms with Crippen molar-refractivity contribution in [1.82, 2.24) is 14.1 Å². The van der Waals surface area contributed by atoms with Gasteiger partial charge in [-0.25, -0.2) is 4.98 Å². The zero-order chi connectivity index (χ0) is 25.5. The van der Waals surface area contributed by atoms with Crippen molar-refractivity contribution in [3.05, 3.63) is 128 Å². The Hall–Kier alpha value is -5.35. The van der Waals surface area contributed by atoms with Gasteiger partial charge in [-0.05, 0) is 66.7 Å². The molecule has 0 aliphatic heterocycles. The smallest absolute Gasteiger partial charge is 0.227 e. The summed E-state index contributed by atoms with van der Waals surface area (Å²) < 4.78 is 10.7. The molecular formula is C35H21N3O. The molecule has 0 amide bonds. The molecule has 0 atom stereocenters. The van der Waals surface area contributed by atoms with Gasteiger partial charge in [-0.3, -0.25) is 0 Å². The molecule has 0 unspecified atom stereocenters. The van der Waals surface area contributed by atoms with E-state index in [1.54, 1.807) is 6.20 Å². The van der Waals surface area contributed by atoms with Crippen molar-refractivity contribution < 1.29 is 4.42 Å². The third-order valence-electron chi connectivity index (χ3n) is 7.98. The van der Waals surface area contributed by atoms with E-state index in [4.69, 9.17) is 4.42 Å². The number of furan rings is 1. The zero-order valence-corrected chi connectivity index (χ0v) is 20.9. The second-order valence-corrected chi connectivity index (χ2v) is 10.1. The van der Waals surface area contributed by atoms with E-state index in [1.807, 2.05) is 6.07 Å². The van der Waals surface area contributed by atoms with Gasteiger partial charge in [0.2, 0.25) is 5.71 Å². The zero-order valence-electron chi connectivity index (χ0n) is 20.9. The summed E-state index contributed by atoms with van der Waals surface area (Å²) in [6.07, 6.45) is 1.77. The molecule has 4 nitrogen and oxygen atoms in total. The van der Waals surface area contributed by atoms with Crippen molar-refractivity contribution in [1.29, 1.82) is 0 Å². The van der Waals surface area contributed by atoms with E-state index in [2.05, 4.69) is 129 Å². The van der Waals surface area contributed by atoms with Crippen molar-refractivity contribution in [3.63, 3.8) is 0 Å². The second kappa shape index (κ2) is 7.59. The first-order chi connectivity index (χ1) is 19.3. The highest BCUT2D eigenvalue weighted by Crippen LogP contribution is 2.38. The number of rotatable bonds is 2. The molecule has 0 fully saturated rings. The summed E-state index contributed by atoms with van der Waals surface area (Å²) in [4.78, 5) is 4.41. The Morgan fingerprint density at radius 3 is 1.62 bits per heavy atom. The highest BCUT2D eigenvalue weighted by molar-refractivity contribution is 6.12. The van der Waals surface area contributed by atoms with Crippen molar-refractivity contribution in [2.45, 2.75) is 0 Å². The Morgan fingerprint density at radius 2 is 0.949 bits per heavy atom. The highest BCUT2D eigenvalue weighted by atomic mass is 16.3. The van der Waals surface area contributed by atoms with Crippen molar-refractivity contribution >= 4 is 65.7 Å². The van der Waals surface area contributed by atoms with Gasteiger partial charge in [0.25, 0.3) is 0 Å². The molecule has 0 saturated carbocycles. The minimum absolute atomic E-state index is 0.669. The van der Waals surface area contributed by atoms with Gasteiger partial charge < -0.3 is 13.6 Å². The van der Waals surface area contributed by atoms with E-state index in [0.717, 1.165) is 27.7 Å². The fourth-order valence-electron chi connectivity index (χ4n) is 6.32. The standard InChI is InChI=1S/C35H21N3O/c1-4-12-30-24(8-1)25-9-2-5-13-31(25)37(30)22-15-17-33-28(20-22)26-10-3-6-14-32(26)38(33)23-16-18-34-29(21-23)27-11-7-19-36-35(27)39-34/h1-21H. The van der Waals surface area contributed by atoms with Crippen molar-refractivity contribution in [2.24, 2.45) is 0 Å². The van der Waals surface area contributed by atoms with Crippen LogP contribution in [0.15, 0.2) is 132 Å².